The molecule has 1 saturated heterocycles. The lowest BCUT2D eigenvalue weighted by molar-refractivity contribution is 0.0927. The van der Waals surface area contributed by atoms with Crippen molar-refractivity contribution in [3.8, 4) is 0 Å². The fourth-order valence-electron chi connectivity index (χ4n) is 2.62. The third-order valence-corrected chi connectivity index (χ3v) is 4.46. The van der Waals surface area contributed by atoms with Crippen LogP contribution in [0.25, 0.3) is 0 Å². The van der Waals surface area contributed by atoms with E-state index in [2.05, 4.69) is 18.7 Å². The number of piperidine rings is 1. The standard InChI is InChI=1S/C16H22ClNO/c1-12-6-8-18(11-13(12)2)9-7-16(19)14-4-3-5-15(17)10-14/h3-5,10,12-13H,6-9,11H2,1-2H3. The minimum atomic E-state index is 0.189. The molecule has 0 N–H and O–H groups in total. The lowest BCUT2D eigenvalue weighted by Crippen LogP contribution is -2.39. The van der Waals surface area contributed by atoms with Crippen LogP contribution in [0, 0.1) is 11.8 Å². The van der Waals surface area contributed by atoms with Crippen molar-refractivity contribution in [3.63, 3.8) is 0 Å². The molecule has 0 aliphatic carbocycles. The van der Waals surface area contributed by atoms with Crippen LogP contribution < -0.4 is 0 Å². The van der Waals surface area contributed by atoms with E-state index in [4.69, 9.17) is 11.6 Å². The summed E-state index contributed by atoms with van der Waals surface area (Å²) >= 11 is 5.91. The van der Waals surface area contributed by atoms with Crippen LogP contribution in [0.1, 0.15) is 37.0 Å². The molecule has 0 spiro atoms. The molecule has 2 nitrogen and oxygen atoms in total. The summed E-state index contributed by atoms with van der Waals surface area (Å²) in [5.41, 5.74) is 0.728. The third-order valence-electron chi connectivity index (χ3n) is 4.22. The van der Waals surface area contributed by atoms with Gasteiger partial charge in [0.2, 0.25) is 0 Å². The van der Waals surface area contributed by atoms with Crippen molar-refractivity contribution < 1.29 is 4.79 Å². The van der Waals surface area contributed by atoms with Gasteiger partial charge >= 0.3 is 0 Å². The summed E-state index contributed by atoms with van der Waals surface area (Å²) in [6, 6.07) is 7.23. The second-order valence-corrected chi connectivity index (χ2v) is 6.16. The van der Waals surface area contributed by atoms with Gasteiger partial charge in [0.25, 0.3) is 0 Å². The lowest BCUT2D eigenvalue weighted by Gasteiger charge is -2.35. The SMILES string of the molecule is CC1CCN(CCC(=O)c2cccc(Cl)c2)CC1C. The van der Waals surface area contributed by atoms with E-state index >= 15 is 0 Å². The largest absolute Gasteiger partial charge is 0.303 e. The van der Waals surface area contributed by atoms with Crippen molar-refractivity contribution in [1.29, 1.82) is 0 Å². The van der Waals surface area contributed by atoms with Gasteiger partial charge in [-0.05, 0) is 36.9 Å². The second-order valence-electron chi connectivity index (χ2n) is 5.73. The van der Waals surface area contributed by atoms with Crippen LogP contribution >= 0.6 is 11.6 Å². The average Bonchev–Trinajstić information content (AvgIpc) is 2.40. The second kappa shape index (κ2) is 6.53. The van der Waals surface area contributed by atoms with Crippen LogP contribution in [-0.2, 0) is 0 Å². The summed E-state index contributed by atoms with van der Waals surface area (Å²) in [4.78, 5) is 14.5. The number of carbonyl (C=O) groups is 1. The first-order valence-corrected chi connectivity index (χ1v) is 7.45. The van der Waals surface area contributed by atoms with Gasteiger partial charge in [0.1, 0.15) is 0 Å². The number of carbonyl (C=O) groups excluding carboxylic acids is 1. The van der Waals surface area contributed by atoms with Gasteiger partial charge in [-0.3, -0.25) is 4.79 Å². The Hall–Kier alpha value is -0.860. The predicted octanol–water partition coefficient (Wildman–Crippen LogP) is 3.89. The van der Waals surface area contributed by atoms with Crippen molar-refractivity contribution in [3.05, 3.63) is 34.9 Å². The Morgan fingerprint density at radius 3 is 2.84 bits per heavy atom. The van der Waals surface area contributed by atoms with Crippen LogP contribution in [0.2, 0.25) is 5.02 Å². The van der Waals surface area contributed by atoms with Crippen molar-refractivity contribution in [2.24, 2.45) is 11.8 Å². The summed E-state index contributed by atoms with van der Waals surface area (Å²) in [5.74, 6) is 1.73. The quantitative estimate of drug-likeness (QED) is 0.780. The summed E-state index contributed by atoms with van der Waals surface area (Å²) in [6.45, 7) is 7.72. The highest BCUT2D eigenvalue weighted by molar-refractivity contribution is 6.31. The molecule has 0 aromatic heterocycles. The molecule has 0 bridgehead atoms. The Morgan fingerprint density at radius 2 is 2.16 bits per heavy atom. The number of halogens is 1. The molecule has 2 atom stereocenters. The Morgan fingerprint density at radius 1 is 1.37 bits per heavy atom. The number of hydrogen-bond donors (Lipinski definition) is 0. The van der Waals surface area contributed by atoms with Gasteiger partial charge in [-0.25, -0.2) is 0 Å². The monoisotopic (exact) mass is 279 g/mol. The van der Waals surface area contributed by atoms with E-state index in [1.807, 2.05) is 12.1 Å². The smallest absolute Gasteiger partial charge is 0.164 e. The number of benzene rings is 1. The van der Waals surface area contributed by atoms with Gasteiger partial charge in [0.15, 0.2) is 5.78 Å². The van der Waals surface area contributed by atoms with E-state index < -0.39 is 0 Å². The molecule has 0 radical (unpaired) electrons. The Balaban J connectivity index is 1.84. The Kier molecular flexibility index (Phi) is 5.00. The summed E-state index contributed by atoms with van der Waals surface area (Å²) in [7, 11) is 0. The average molecular weight is 280 g/mol. The van der Waals surface area contributed by atoms with E-state index in [1.165, 1.54) is 6.42 Å². The van der Waals surface area contributed by atoms with E-state index in [0.29, 0.717) is 11.4 Å². The fourth-order valence-corrected chi connectivity index (χ4v) is 2.81. The van der Waals surface area contributed by atoms with Crippen LogP contribution in [0.4, 0.5) is 0 Å². The van der Waals surface area contributed by atoms with Crippen LogP contribution in [0.3, 0.4) is 0 Å². The normalized spacial score (nSPS) is 24.4. The van der Waals surface area contributed by atoms with Crippen LogP contribution in [0.5, 0.6) is 0 Å². The maximum absolute atomic E-state index is 12.1. The highest BCUT2D eigenvalue weighted by Crippen LogP contribution is 2.22. The molecule has 1 aromatic rings. The molecular formula is C16H22ClNO. The number of nitrogens with zero attached hydrogens (tertiary/aromatic N) is 1. The Bertz CT molecular complexity index is 446. The number of rotatable bonds is 4. The molecule has 3 heteroatoms. The van der Waals surface area contributed by atoms with Gasteiger partial charge in [-0.15, -0.1) is 0 Å². The number of ketones is 1. The minimum absolute atomic E-state index is 0.189. The van der Waals surface area contributed by atoms with E-state index in [9.17, 15) is 4.79 Å². The first-order chi connectivity index (χ1) is 9.06. The zero-order valence-electron chi connectivity index (χ0n) is 11.7. The molecule has 19 heavy (non-hydrogen) atoms. The highest BCUT2D eigenvalue weighted by Gasteiger charge is 2.22. The minimum Gasteiger partial charge on any atom is -0.303 e. The van der Waals surface area contributed by atoms with Gasteiger partial charge < -0.3 is 4.90 Å². The topological polar surface area (TPSA) is 20.3 Å². The zero-order chi connectivity index (χ0) is 13.8. The maximum atomic E-state index is 12.1. The predicted molar refractivity (Wildman–Crippen MR) is 79.8 cm³/mol. The van der Waals surface area contributed by atoms with Gasteiger partial charge in [0, 0.05) is 30.1 Å². The van der Waals surface area contributed by atoms with Crippen LogP contribution in [-0.4, -0.2) is 30.3 Å². The molecule has 2 unspecified atom stereocenters. The Labute approximate surface area is 120 Å². The van der Waals surface area contributed by atoms with Crippen molar-refractivity contribution in [1.82, 2.24) is 4.90 Å². The van der Waals surface area contributed by atoms with Crippen molar-refractivity contribution >= 4 is 17.4 Å². The molecule has 1 fully saturated rings. The molecule has 2 rings (SSSR count). The number of hydrogen-bond acceptors (Lipinski definition) is 2. The van der Waals surface area contributed by atoms with E-state index in [0.717, 1.165) is 37.0 Å². The van der Waals surface area contributed by atoms with Gasteiger partial charge in [-0.1, -0.05) is 37.6 Å². The lowest BCUT2D eigenvalue weighted by atomic mass is 9.88. The van der Waals surface area contributed by atoms with Crippen molar-refractivity contribution in [2.75, 3.05) is 19.6 Å². The molecule has 1 aliphatic rings. The number of Topliss-reactive ketones (excluding diaryl/α,β-unsaturated/α-hetero) is 1. The van der Waals surface area contributed by atoms with E-state index in [-0.39, 0.29) is 5.78 Å². The van der Waals surface area contributed by atoms with Crippen LogP contribution in [0.15, 0.2) is 24.3 Å². The third kappa shape index (κ3) is 4.05. The maximum Gasteiger partial charge on any atom is 0.164 e. The number of likely N-dealkylation sites (tertiary alicyclic amines) is 1. The highest BCUT2D eigenvalue weighted by atomic mass is 35.5. The molecular weight excluding hydrogens is 258 g/mol. The van der Waals surface area contributed by atoms with Gasteiger partial charge in [0.05, 0.1) is 0 Å². The first kappa shape index (κ1) is 14.5. The molecule has 1 heterocycles. The molecule has 1 aliphatic heterocycles. The zero-order valence-corrected chi connectivity index (χ0v) is 12.5. The van der Waals surface area contributed by atoms with Crippen molar-refractivity contribution in [2.45, 2.75) is 26.7 Å². The van der Waals surface area contributed by atoms with E-state index in [1.54, 1.807) is 12.1 Å². The molecule has 0 saturated carbocycles. The fraction of sp³-hybridized carbons (Fsp3) is 0.562. The molecule has 0 amide bonds. The summed E-state index contributed by atoms with van der Waals surface area (Å²) < 4.78 is 0. The first-order valence-electron chi connectivity index (χ1n) is 7.07. The summed E-state index contributed by atoms with van der Waals surface area (Å²) in [5, 5.41) is 0.631. The molecule has 104 valence electrons. The summed E-state index contributed by atoms with van der Waals surface area (Å²) in [6.07, 6.45) is 1.83. The molecule has 1 aromatic carbocycles. The van der Waals surface area contributed by atoms with Gasteiger partial charge in [-0.2, -0.15) is 0 Å².